The Morgan fingerprint density at radius 3 is 2.67 bits per heavy atom. The van der Waals surface area contributed by atoms with Gasteiger partial charge in [-0.15, -0.1) is 0 Å². The minimum atomic E-state index is -0.448. The molecule has 3 heteroatoms. The van der Waals surface area contributed by atoms with Crippen LogP contribution in [0, 0.1) is 17.8 Å². The van der Waals surface area contributed by atoms with Crippen molar-refractivity contribution in [2.24, 2.45) is 17.8 Å². The first-order valence-corrected chi connectivity index (χ1v) is 5.89. The van der Waals surface area contributed by atoms with E-state index in [0.29, 0.717) is 25.0 Å². The second kappa shape index (κ2) is 3.58. The fourth-order valence-electron chi connectivity index (χ4n) is 3.54. The van der Waals surface area contributed by atoms with Crippen molar-refractivity contribution in [2.45, 2.75) is 25.0 Å². The van der Waals surface area contributed by atoms with Crippen LogP contribution >= 0.6 is 0 Å². The summed E-state index contributed by atoms with van der Waals surface area (Å²) in [6.45, 7) is 1.56. The van der Waals surface area contributed by atoms with Crippen LogP contribution < -0.4 is 0 Å². The minimum absolute atomic E-state index is 0.176. The van der Waals surface area contributed by atoms with Crippen LogP contribution in [0.2, 0.25) is 0 Å². The molecule has 0 aromatic heterocycles. The fourth-order valence-corrected chi connectivity index (χ4v) is 3.54. The summed E-state index contributed by atoms with van der Waals surface area (Å²) in [5.74, 6) is 0.925. The van der Waals surface area contributed by atoms with Gasteiger partial charge in [0.05, 0.1) is 19.8 Å². The van der Waals surface area contributed by atoms with E-state index in [1.807, 2.05) is 0 Å². The second-order valence-electron chi connectivity index (χ2n) is 4.87. The Morgan fingerprint density at radius 1 is 1.20 bits per heavy atom. The lowest BCUT2D eigenvalue weighted by molar-refractivity contribution is -0.194. The Bertz CT molecular complexity index is 268. The fraction of sp³-hybridized carbons (Fsp3) is 0.833. The third kappa shape index (κ3) is 1.37. The molecule has 1 N–H and O–H groups in total. The number of hydrogen-bond acceptors (Lipinski definition) is 3. The number of ether oxygens (including phenoxy) is 2. The molecule has 0 aromatic rings. The topological polar surface area (TPSA) is 38.7 Å². The summed E-state index contributed by atoms with van der Waals surface area (Å²) in [6, 6.07) is 0. The quantitative estimate of drug-likeness (QED) is 0.663. The maximum absolute atomic E-state index is 9.55. The summed E-state index contributed by atoms with van der Waals surface area (Å²) in [5.41, 5.74) is 0. The summed E-state index contributed by atoms with van der Waals surface area (Å²) in [7, 11) is 0. The summed E-state index contributed by atoms with van der Waals surface area (Å²) in [5, 5.41) is 9.55. The van der Waals surface area contributed by atoms with Gasteiger partial charge in [0.15, 0.2) is 5.79 Å². The summed E-state index contributed by atoms with van der Waals surface area (Å²) >= 11 is 0. The van der Waals surface area contributed by atoms with E-state index in [2.05, 4.69) is 12.2 Å². The van der Waals surface area contributed by atoms with Crippen molar-refractivity contribution in [1.82, 2.24) is 0 Å². The van der Waals surface area contributed by atoms with Crippen LogP contribution in [0.3, 0.4) is 0 Å². The molecule has 0 aromatic carbocycles. The Balaban J connectivity index is 1.87. The first-order valence-electron chi connectivity index (χ1n) is 5.89. The molecule has 0 amide bonds. The van der Waals surface area contributed by atoms with Gasteiger partial charge in [0.1, 0.15) is 0 Å². The number of fused-ring (bicyclic) bond motifs is 1. The van der Waals surface area contributed by atoms with Gasteiger partial charge < -0.3 is 14.6 Å². The second-order valence-corrected chi connectivity index (χ2v) is 4.87. The summed E-state index contributed by atoms with van der Waals surface area (Å²) in [6.07, 6.45) is 7.65. The van der Waals surface area contributed by atoms with E-state index in [1.54, 1.807) is 0 Å². The van der Waals surface area contributed by atoms with Gasteiger partial charge in [-0.3, -0.25) is 0 Å². The van der Waals surface area contributed by atoms with Gasteiger partial charge in [-0.1, -0.05) is 12.2 Å². The van der Waals surface area contributed by atoms with Crippen LogP contribution in [0.15, 0.2) is 12.2 Å². The molecule has 0 bridgehead atoms. The molecule has 3 aliphatic rings. The molecule has 15 heavy (non-hydrogen) atoms. The van der Waals surface area contributed by atoms with Gasteiger partial charge in [-0.25, -0.2) is 0 Å². The predicted molar refractivity (Wildman–Crippen MR) is 55.2 cm³/mol. The lowest BCUT2D eigenvalue weighted by Gasteiger charge is -2.30. The molecule has 1 aliphatic heterocycles. The molecule has 2 aliphatic carbocycles. The molecule has 1 saturated heterocycles. The average molecular weight is 210 g/mol. The monoisotopic (exact) mass is 210 g/mol. The molecule has 1 heterocycles. The first-order chi connectivity index (χ1) is 7.36. The zero-order valence-electron chi connectivity index (χ0n) is 8.89. The van der Waals surface area contributed by atoms with E-state index >= 15 is 0 Å². The van der Waals surface area contributed by atoms with E-state index in [-0.39, 0.29) is 12.5 Å². The minimum Gasteiger partial charge on any atom is -0.396 e. The van der Waals surface area contributed by atoms with Crippen LogP contribution in [0.4, 0.5) is 0 Å². The van der Waals surface area contributed by atoms with Gasteiger partial charge in [0.2, 0.25) is 0 Å². The highest BCUT2D eigenvalue weighted by Gasteiger charge is 2.56. The number of aliphatic hydroxyl groups is 1. The Labute approximate surface area is 90.1 Å². The predicted octanol–water partition coefficient (Wildman–Crippen LogP) is 1.32. The molecule has 0 unspecified atom stereocenters. The van der Waals surface area contributed by atoms with Crippen molar-refractivity contribution >= 4 is 0 Å². The number of allylic oxidation sites excluding steroid dienone is 2. The van der Waals surface area contributed by atoms with E-state index in [9.17, 15) is 5.11 Å². The highest BCUT2D eigenvalue weighted by molar-refractivity contribution is 5.06. The zero-order valence-corrected chi connectivity index (χ0v) is 8.89. The summed E-state index contributed by atoms with van der Waals surface area (Å²) in [4.78, 5) is 0. The standard InChI is InChI=1S/C12H18O3/c13-8-11-10-4-2-1-3-9(10)7-12(11)14-5-6-15-12/h1-2,9-11,13H,3-8H2/t9-,10+,11-/m0/s1. The van der Waals surface area contributed by atoms with Crippen LogP contribution in [-0.2, 0) is 9.47 Å². The lowest BCUT2D eigenvalue weighted by atomic mass is 9.81. The molecule has 1 spiro atoms. The van der Waals surface area contributed by atoms with Crippen molar-refractivity contribution in [3.05, 3.63) is 12.2 Å². The van der Waals surface area contributed by atoms with Crippen LogP contribution in [0.5, 0.6) is 0 Å². The highest BCUT2D eigenvalue weighted by Crippen LogP contribution is 2.52. The van der Waals surface area contributed by atoms with Gasteiger partial charge in [-0.05, 0) is 24.7 Å². The van der Waals surface area contributed by atoms with Gasteiger partial charge in [-0.2, -0.15) is 0 Å². The normalized spacial score (nSPS) is 42.3. The highest BCUT2D eigenvalue weighted by atomic mass is 16.7. The molecule has 1 saturated carbocycles. The van der Waals surface area contributed by atoms with Gasteiger partial charge in [0, 0.05) is 12.3 Å². The smallest absolute Gasteiger partial charge is 0.174 e. The van der Waals surface area contributed by atoms with Crippen molar-refractivity contribution in [1.29, 1.82) is 0 Å². The Hall–Kier alpha value is -0.380. The van der Waals surface area contributed by atoms with Crippen LogP contribution in [0.1, 0.15) is 19.3 Å². The number of aliphatic hydroxyl groups excluding tert-OH is 1. The molecule has 3 nitrogen and oxygen atoms in total. The molecule has 3 rings (SSSR count). The average Bonchev–Trinajstić information content (AvgIpc) is 2.83. The van der Waals surface area contributed by atoms with Crippen LogP contribution in [-0.4, -0.2) is 30.7 Å². The third-order valence-corrected chi connectivity index (χ3v) is 4.22. The van der Waals surface area contributed by atoms with Crippen molar-refractivity contribution in [2.75, 3.05) is 19.8 Å². The third-order valence-electron chi connectivity index (χ3n) is 4.22. The summed E-state index contributed by atoms with van der Waals surface area (Å²) < 4.78 is 11.6. The van der Waals surface area contributed by atoms with Gasteiger partial charge in [0.25, 0.3) is 0 Å². The number of rotatable bonds is 1. The van der Waals surface area contributed by atoms with Crippen molar-refractivity contribution < 1.29 is 14.6 Å². The molecule has 2 fully saturated rings. The van der Waals surface area contributed by atoms with E-state index in [1.165, 1.54) is 0 Å². The zero-order chi connectivity index (χ0) is 10.3. The van der Waals surface area contributed by atoms with Crippen molar-refractivity contribution in [3.63, 3.8) is 0 Å². The Kier molecular flexibility index (Phi) is 2.34. The maximum Gasteiger partial charge on any atom is 0.174 e. The SMILES string of the molecule is OC[C@H]1[C@@H]2CC=CC[C@H]2CC12OCCO2. The lowest BCUT2D eigenvalue weighted by Crippen LogP contribution is -2.38. The molecule has 3 atom stereocenters. The maximum atomic E-state index is 9.55. The van der Waals surface area contributed by atoms with E-state index in [0.717, 1.165) is 19.3 Å². The van der Waals surface area contributed by atoms with E-state index < -0.39 is 5.79 Å². The number of hydrogen-bond donors (Lipinski definition) is 1. The van der Waals surface area contributed by atoms with E-state index in [4.69, 9.17) is 9.47 Å². The van der Waals surface area contributed by atoms with Crippen molar-refractivity contribution in [3.8, 4) is 0 Å². The van der Waals surface area contributed by atoms with Crippen LogP contribution in [0.25, 0.3) is 0 Å². The largest absolute Gasteiger partial charge is 0.396 e. The molecular weight excluding hydrogens is 192 g/mol. The molecule has 84 valence electrons. The molecular formula is C12H18O3. The first kappa shape index (κ1) is 9.82. The van der Waals surface area contributed by atoms with Gasteiger partial charge >= 0.3 is 0 Å². The molecule has 0 radical (unpaired) electrons. The Morgan fingerprint density at radius 2 is 1.93 bits per heavy atom.